The lowest BCUT2D eigenvalue weighted by molar-refractivity contribution is 0.102. The molecule has 0 radical (unpaired) electrons. The fourth-order valence-corrected chi connectivity index (χ4v) is 3.57. The molecule has 0 fully saturated rings. The van der Waals surface area contributed by atoms with Gasteiger partial charge in [-0.25, -0.2) is 9.37 Å². The number of nitrogens with one attached hydrogen (secondary N) is 2. The molecule has 0 atom stereocenters. The van der Waals surface area contributed by atoms with Crippen LogP contribution in [0.2, 0.25) is 0 Å². The third-order valence-electron chi connectivity index (χ3n) is 5.65. The van der Waals surface area contributed by atoms with Gasteiger partial charge < -0.3 is 10.6 Å². The van der Waals surface area contributed by atoms with Gasteiger partial charge in [-0.2, -0.15) is 5.26 Å². The number of nitriles is 1. The smallest absolute Gasteiger partial charge is 0.255 e. The van der Waals surface area contributed by atoms with Crippen LogP contribution in [0.25, 0.3) is 22.0 Å². The van der Waals surface area contributed by atoms with Crippen molar-refractivity contribution in [3.63, 3.8) is 0 Å². The molecule has 1 aromatic carbocycles. The van der Waals surface area contributed by atoms with Crippen molar-refractivity contribution >= 4 is 28.3 Å². The predicted octanol–water partition coefficient (Wildman–Crippen LogP) is 5.23. The average molecular weight is 455 g/mol. The Labute approximate surface area is 196 Å². The first-order chi connectivity index (χ1) is 16.2. The number of nitrogens with zero attached hydrogens (tertiary/aromatic N) is 4. The summed E-state index contributed by atoms with van der Waals surface area (Å²) in [5.41, 5.74) is 3.56. The third-order valence-corrected chi connectivity index (χ3v) is 5.65. The second-order valence-corrected chi connectivity index (χ2v) is 8.48. The summed E-state index contributed by atoms with van der Waals surface area (Å²) in [4.78, 5) is 25.5. The van der Waals surface area contributed by atoms with Gasteiger partial charge in [0, 0.05) is 47.8 Å². The molecule has 0 unspecified atom stereocenters. The van der Waals surface area contributed by atoms with Crippen LogP contribution in [0.1, 0.15) is 35.5 Å². The highest BCUT2D eigenvalue weighted by molar-refractivity contribution is 6.04. The molecule has 7 nitrogen and oxygen atoms in total. The van der Waals surface area contributed by atoms with Gasteiger partial charge in [0.25, 0.3) is 5.91 Å². The zero-order valence-corrected chi connectivity index (χ0v) is 19.3. The average Bonchev–Trinajstić information content (AvgIpc) is 2.85. The molecule has 0 bridgehead atoms. The molecule has 4 rings (SSSR count). The molecule has 0 saturated carbocycles. The van der Waals surface area contributed by atoms with Gasteiger partial charge in [0.15, 0.2) is 11.6 Å². The highest BCUT2D eigenvalue weighted by Gasteiger charge is 2.22. The minimum atomic E-state index is -0.807. The van der Waals surface area contributed by atoms with Crippen molar-refractivity contribution in [2.24, 2.45) is 0 Å². The number of carbonyl (C=O) groups excluding carboxylic acids is 1. The molecule has 3 aromatic heterocycles. The lowest BCUT2D eigenvalue weighted by Crippen LogP contribution is -2.18. The van der Waals surface area contributed by atoms with Crippen molar-refractivity contribution in [1.82, 2.24) is 15.0 Å². The largest absolute Gasteiger partial charge is 0.371 e. The van der Waals surface area contributed by atoms with Crippen LogP contribution in [0.4, 0.5) is 15.9 Å². The van der Waals surface area contributed by atoms with E-state index in [0.29, 0.717) is 22.3 Å². The van der Waals surface area contributed by atoms with Gasteiger partial charge in [-0.05, 0) is 62.2 Å². The molecule has 3 heterocycles. The molecule has 8 heteroatoms. The van der Waals surface area contributed by atoms with Gasteiger partial charge in [0.05, 0.1) is 17.2 Å². The Balaban J connectivity index is 1.65. The number of fused-ring (bicyclic) bond motifs is 1. The Morgan fingerprint density at radius 1 is 1.09 bits per heavy atom. The van der Waals surface area contributed by atoms with E-state index >= 15 is 0 Å². The van der Waals surface area contributed by atoms with Crippen LogP contribution in [-0.4, -0.2) is 27.9 Å². The number of aryl methyl sites for hydroxylation is 1. The van der Waals surface area contributed by atoms with Crippen LogP contribution in [0, 0.1) is 24.1 Å². The van der Waals surface area contributed by atoms with Gasteiger partial charge in [0.2, 0.25) is 0 Å². The van der Waals surface area contributed by atoms with Gasteiger partial charge in [-0.3, -0.25) is 14.8 Å². The quantitative estimate of drug-likeness (QED) is 0.428. The normalized spacial score (nSPS) is 11.2. The number of hydrogen-bond donors (Lipinski definition) is 2. The third kappa shape index (κ3) is 4.28. The Hall–Kier alpha value is -4.38. The van der Waals surface area contributed by atoms with Gasteiger partial charge >= 0.3 is 0 Å². The van der Waals surface area contributed by atoms with Gasteiger partial charge in [0.1, 0.15) is 5.52 Å². The number of amides is 1. The molecule has 170 valence electrons. The van der Waals surface area contributed by atoms with Crippen molar-refractivity contribution < 1.29 is 9.18 Å². The SMILES string of the molecule is CNc1ncc2cc(-c3cc(NC(=O)c4ccnc(C(C)(C)C#N)c4)ccc3C)cnc2c1F. The predicted molar refractivity (Wildman–Crippen MR) is 130 cm³/mol. The van der Waals surface area contributed by atoms with E-state index in [4.69, 9.17) is 0 Å². The van der Waals surface area contributed by atoms with E-state index in [1.165, 1.54) is 6.20 Å². The summed E-state index contributed by atoms with van der Waals surface area (Å²) in [6, 6.07) is 12.8. The number of benzene rings is 1. The maximum absolute atomic E-state index is 14.5. The summed E-state index contributed by atoms with van der Waals surface area (Å²) in [5.74, 6) is -0.665. The minimum Gasteiger partial charge on any atom is -0.371 e. The lowest BCUT2D eigenvalue weighted by Gasteiger charge is -2.15. The number of hydrogen-bond acceptors (Lipinski definition) is 6. The van der Waals surface area contributed by atoms with E-state index < -0.39 is 11.2 Å². The second-order valence-electron chi connectivity index (χ2n) is 8.48. The highest BCUT2D eigenvalue weighted by atomic mass is 19.1. The first-order valence-electron chi connectivity index (χ1n) is 10.7. The molecular weight excluding hydrogens is 431 g/mol. The van der Waals surface area contributed by atoms with E-state index in [1.54, 1.807) is 45.4 Å². The minimum absolute atomic E-state index is 0.145. The molecule has 34 heavy (non-hydrogen) atoms. The fraction of sp³-hybridized carbons (Fsp3) is 0.192. The maximum Gasteiger partial charge on any atom is 0.255 e. The van der Waals surface area contributed by atoms with Crippen LogP contribution < -0.4 is 10.6 Å². The van der Waals surface area contributed by atoms with Crippen LogP contribution in [0.15, 0.2) is 55.0 Å². The number of carbonyl (C=O) groups is 1. The van der Waals surface area contributed by atoms with Gasteiger partial charge in [-0.15, -0.1) is 0 Å². The summed E-state index contributed by atoms with van der Waals surface area (Å²) < 4.78 is 14.5. The molecule has 0 aliphatic carbocycles. The number of pyridine rings is 3. The Morgan fingerprint density at radius 2 is 1.88 bits per heavy atom. The van der Waals surface area contributed by atoms with Crippen molar-refractivity contribution in [2.75, 3.05) is 17.7 Å². The number of anilines is 2. The molecule has 2 N–H and O–H groups in total. The molecule has 1 amide bonds. The van der Waals surface area contributed by atoms with Crippen LogP contribution in [0.3, 0.4) is 0 Å². The Kier molecular flexibility index (Phi) is 5.95. The van der Waals surface area contributed by atoms with Crippen molar-refractivity contribution in [3.8, 4) is 17.2 Å². The van der Waals surface area contributed by atoms with Gasteiger partial charge in [-0.1, -0.05) is 6.07 Å². The molecule has 0 spiro atoms. The zero-order valence-electron chi connectivity index (χ0n) is 19.3. The molecule has 0 aliphatic rings. The number of rotatable bonds is 5. The van der Waals surface area contributed by atoms with Crippen molar-refractivity contribution in [1.29, 1.82) is 5.26 Å². The summed E-state index contributed by atoms with van der Waals surface area (Å²) in [7, 11) is 1.60. The van der Waals surface area contributed by atoms with Crippen molar-refractivity contribution in [2.45, 2.75) is 26.2 Å². The monoisotopic (exact) mass is 454 g/mol. The Bertz CT molecular complexity index is 1460. The summed E-state index contributed by atoms with van der Waals surface area (Å²) in [6.45, 7) is 5.46. The first kappa shape index (κ1) is 22.8. The van der Waals surface area contributed by atoms with E-state index in [-0.39, 0.29) is 17.2 Å². The summed E-state index contributed by atoms with van der Waals surface area (Å²) in [6.07, 6.45) is 4.71. The van der Waals surface area contributed by atoms with E-state index in [1.807, 2.05) is 31.2 Å². The van der Waals surface area contributed by atoms with Crippen LogP contribution in [-0.2, 0) is 5.41 Å². The molecular formula is C26H23FN6O. The summed E-state index contributed by atoms with van der Waals surface area (Å²) >= 11 is 0. The molecule has 0 aliphatic heterocycles. The number of aromatic nitrogens is 3. The Morgan fingerprint density at radius 3 is 2.62 bits per heavy atom. The van der Waals surface area contributed by atoms with Crippen LogP contribution in [0.5, 0.6) is 0 Å². The zero-order chi connectivity index (χ0) is 24.5. The fourth-order valence-electron chi connectivity index (χ4n) is 3.57. The second kappa shape index (κ2) is 8.87. The molecule has 4 aromatic rings. The van der Waals surface area contributed by atoms with Crippen molar-refractivity contribution in [3.05, 3.63) is 77.6 Å². The van der Waals surface area contributed by atoms with Crippen LogP contribution >= 0.6 is 0 Å². The number of halogens is 1. The highest BCUT2D eigenvalue weighted by Crippen LogP contribution is 2.30. The van der Waals surface area contributed by atoms with E-state index in [9.17, 15) is 14.4 Å². The maximum atomic E-state index is 14.5. The summed E-state index contributed by atoms with van der Waals surface area (Å²) in [5, 5.41) is 15.6. The first-order valence-corrected chi connectivity index (χ1v) is 10.7. The van der Waals surface area contributed by atoms with E-state index in [0.717, 1.165) is 16.7 Å². The lowest BCUT2D eigenvalue weighted by atomic mass is 9.90. The standard InChI is InChI=1S/C26H23FN6O/c1-15-5-6-19(33-25(34)16-7-8-30-21(10-16)26(2,3)14-28)11-20(15)17-9-18-13-32-24(29-4)22(27)23(18)31-12-17/h5-13H,1-4H3,(H,29,32)(H,33,34). The van der Waals surface area contributed by atoms with E-state index in [2.05, 4.69) is 31.7 Å². The molecule has 0 saturated heterocycles. The topological polar surface area (TPSA) is 104 Å².